The van der Waals surface area contributed by atoms with E-state index in [2.05, 4.69) is 25.2 Å². The molecule has 2 aromatic heterocycles. The zero-order valence-electron chi connectivity index (χ0n) is 15.4. The fourth-order valence-electron chi connectivity index (χ4n) is 3.22. The molecule has 0 aliphatic carbocycles. The first-order chi connectivity index (χ1) is 14.1. The zero-order valence-corrected chi connectivity index (χ0v) is 15.4. The topological polar surface area (TPSA) is 100 Å². The van der Waals surface area contributed by atoms with Gasteiger partial charge in [0.2, 0.25) is 11.6 Å². The summed E-state index contributed by atoms with van der Waals surface area (Å²) in [5, 5.41) is 14.7. The molecule has 1 aliphatic heterocycles. The van der Waals surface area contributed by atoms with Crippen molar-refractivity contribution < 1.29 is 9.31 Å². The van der Waals surface area contributed by atoms with Crippen molar-refractivity contribution in [3.8, 4) is 0 Å². The fourth-order valence-corrected chi connectivity index (χ4v) is 3.22. The van der Waals surface area contributed by atoms with Gasteiger partial charge in [-0.25, -0.2) is 19.3 Å². The Bertz CT molecular complexity index is 993. The molecule has 0 unspecified atom stereocenters. The molecule has 9 nitrogen and oxygen atoms in total. The number of hydrogen-bond donors (Lipinski definition) is 1. The van der Waals surface area contributed by atoms with E-state index in [1.165, 1.54) is 30.6 Å². The van der Waals surface area contributed by atoms with Crippen molar-refractivity contribution in [3.63, 3.8) is 0 Å². The van der Waals surface area contributed by atoms with E-state index in [4.69, 9.17) is 0 Å². The van der Waals surface area contributed by atoms with Crippen molar-refractivity contribution in [2.45, 2.75) is 0 Å². The van der Waals surface area contributed by atoms with Crippen LogP contribution in [0.15, 0.2) is 55.0 Å². The molecule has 0 saturated carbocycles. The number of benzene rings is 1. The maximum Gasteiger partial charge on any atom is 0.353 e. The summed E-state index contributed by atoms with van der Waals surface area (Å²) in [6.07, 6.45) is 3.03. The van der Waals surface area contributed by atoms with Crippen LogP contribution in [-0.2, 0) is 0 Å². The minimum absolute atomic E-state index is 0.0683. The predicted molar refractivity (Wildman–Crippen MR) is 107 cm³/mol. The van der Waals surface area contributed by atoms with E-state index in [1.54, 1.807) is 6.20 Å². The quantitative estimate of drug-likeness (QED) is 0.520. The Balaban J connectivity index is 1.56. The molecular weight excluding hydrogens is 377 g/mol. The molecule has 4 rings (SSSR count). The van der Waals surface area contributed by atoms with Crippen LogP contribution in [0, 0.1) is 15.9 Å². The Hall–Kier alpha value is -3.82. The number of aromatic nitrogens is 3. The molecule has 1 saturated heterocycles. The van der Waals surface area contributed by atoms with Gasteiger partial charge in [-0.1, -0.05) is 6.07 Å². The number of pyridine rings is 1. The van der Waals surface area contributed by atoms with Crippen LogP contribution in [-0.4, -0.2) is 46.1 Å². The summed E-state index contributed by atoms with van der Waals surface area (Å²) in [5.41, 5.74) is 0.294. The predicted octanol–water partition coefficient (Wildman–Crippen LogP) is 2.99. The molecule has 3 heterocycles. The summed E-state index contributed by atoms with van der Waals surface area (Å²) < 4.78 is 13.1. The van der Waals surface area contributed by atoms with Crippen LogP contribution in [0.25, 0.3) is 0 Å². The molecule has 1 N–H and O–H groups in total. The lowest BCUT2D eigenvalue weighted by molar-refractivity contribution is -0.383. The van der Waals surface area contributed by atoms with E-state index in [1.807, 2.05) is 23.1 Å². The third-order valence-corrected chi connectivity index (χ3v) is 4.64. The number of rotatable bonds is 5. The smallest absolute Gasteiger partial charge is 0.353 e. The molecule has 1 aliphatic rings. The van der Waals surface area contributed by atoms with Crippen molar-refractivity contribution in [2.24, 2.45) is 0 Å². The molecule has 1 fully saturated rings. The highest BCUT2D eigenvalue weighted by Crippen LogP contribution is 2.34. The van der Waals surface area contributed by atoms with E-state index in [-0.39, 0.29) is 23.1 Å². The normalized spacial score (nSPS) is 14.0. The van der Waals surface area contributed by atoms with Gasteiger partial charge in [-0.05, 0) is 36.4 Å². The number of halogens is 1. The van der Waals surface area contributed by atoms with Gasteiger partial charge in [0.25, 0.3) is 0 Å². The van der Waals surface area contributed by atoms with E-state index >= 15 is 0 Å². The molecule has 148 valence electrons. The molecular formula is C19H18FN7O2. The maximum absolute atomic E-state index is 13.1. The molecule has 1 aromatic carbocycles. The summed E-state index contributed by atoms with van der Waals surface area (Å²) in [6, 6.07) is 11.3. The second kappa shape index (κ2) is 8.05. The first kappa shape index (κ1) is 18.5. The number of nitro groups is 1. The average molecular weight is 395 g/mol. The zero-order chi connectivity index (χ0) is 20.2. The van der Waals surface area contributed by atoms with Crippen molar-refractivity contribution in [1.82, 2.24) is 15.0 Å². The SMILES string of the molecule is O=[N+]([O-])c1c(Nc2ccc(F)cc2)ncnc1N1CCN(c2ccccn2)CC1. The third-order valence-electron chi connectivity index (χ3n) is 4.64. The Kier molecular flexibility index (Phi) is 5.14. The first-order valence-corrected chi connectivity index (χ1v) is 9.05. The number of nitrogens with one attached hydrogen (secondary N) is 1. The largest absolute Gasteiger partial charge is 0.353 e. The molecule has 0 bridgehead atoms. The summed E-state index contributed by atoms with van der Waals surface area (Å²) >= 11 is 0. The summed E-state index contributed by atoms with van der Waals surface area (Å²) in [4.78, 5) is 27.9. The Labute approximate surface area is 166 Å². The average Bonchev–Trinajstić information content (AvgIpc) is 2.76. The van der Waals surface area contributed by atoms with Crippen molar-refractivity contribution in [2.75, 3.05) is 41.3 Å². The van der Waals surface area contributed by atoms with Crippen LogP contribution in [0.5, 0.6) is 0 Å². The highest BCUT2D eigenvalue weighted by Gasteiger charge is 2.29. The summed E-state index contributed by atoms with van der Waals surface area (Å²) in [6.45, 7) is 2.45. The third kappa shape index (κ3) is 4.05. The van der Waals surface area contributed by atoms with Gasteiger partial charge in [-0.2, -0.15) is 0 Å². The minimum atomic E-state index is -0.494. The molecule has 0 radical (unpaired) electrons. The van der Waals surface area contributed by atoms with Gasteiger partial charge in [0.05, 0.1) is 4.92 Å². The van der Waals surface area contributed by atoms with Crippen LogP contribution in [0.4, 0.5) is 33.2 Å². The van der Waals surface area contributed by atoms with E-state index < -0.39 is 4.92 Å². The molecule has 10 heteroatoms. The van der Waals surface area contributed by atoms with E-state index in [9.17, 15) is 14.5 Å². The van der Waals surface area contributed by atoms with Crippen molar-refractivity contribution >= 4 is 28.8 Å². The highest BCUT2D eigenvalue weighted by atomic mass is 19.1. The van der Waals surface area contributed by atoms with E-state index in [0.29, 0.717) is 31.9 Å². The van der Waals surface area contributed by atoms with E-state index in [0.717, 1.165) is 5.82 Å². The van der Waals surface area contributed by atoms with Gasteiger partial charge < -0.3 is 15.1 Å². The highest BCUT2D eigenvalue weighted by molar-refractivity contribution is 5.74. The van der Waals surface area contributed by atoms with Gasteiger partial charge in [-0.15, -0.1) is 0 Å². The molecule has 0 atom stereocenters. The second-order valence-corrected chi connectivity index (χ2v) is 6.45. The van der Waals surface area contributed by atoms with Crippen LogP contribution in [0.1, 0.15) is 0 Å². The van der Waals surface area contributed by atoms with Gasteiger partial charge in [0.15, 0.2) is 0 Å². The standard InChI is InChI=1S/C19H18FN7O2/c20-14-4-6-15(7-5-14)24-18-17(27(28)29)19(23-13-22-18)26-11-9-25(10-12-26)16-3-1-2-8-21-16/h1-8,13H,9-12H2,(H,22,23,24). The van der Waals surface area contributed by atoms with Gasteiger partial charge >= 0.3 is 5.69 Å². The number of anilines is 4. The van der Waals surface area contributed by atoms with Gasteiger partial charge in [-0.3, -0.25) is 10.1 Å². The number of nitrogens with zero attached hydrogens (tertiary/aromatic N) is 6. The number of hydrogen-bond acceptors (Lipinski definition) is 8. The monoisotopic (exact) mass is 395 g/mol. The lowest BCUT2D eigenvalue weighted by Gasteiger charge is -2.35. The summed E-state index contributed by atoms with van der Waals surface area (Å²) in [7, 11) is 0. The maximum atomic E-state index is 13.1. The minimum Gasteiger partial charge on any atom is -0.353 e. The lowest BCUT2D eigenvalue weighted by Crippen LogP contribution is -2.47. The second-order valence-electron chi connectivity index (χ2n) is 6.45. The van der Waals surface area contributed by atoms with Gasteiger partial charge in [0.1, 0.15) is 18.0 Å². The Morgan fingerprint density at radius 1 is 0.966 bits per heavy atom. The van der Waals surface area contributed by atoms with Crippen LogP contribution < -0.4 is 15.1 Å². The molecule has 0 amide bonds. The van der Waals surface area contributed by atoms with Crippen LogP contribution in [0.3, 0.4) is 0 Å². The van der Waals surface area contributed by atoms with Gasteiger partial charge in [0, 0.05) is 38.1 Å². The van der Waals surface area contributed by atoms with Crippen LogP contribution >= 0.6 is 0 Å². The summed E-state index contributed by atoms with van der Waals surface area (Å²) in [5.74, 6) is 0.816. The fraction of sp³-hybridized carbons (Fsp3) is 0.211. The lowest BCUT2D eigenvalue weighted by atomic mass is 10.2. The number of piperazine rings is 1. The molecule has 3 aromatic rings. The van der Waals surface area contributed by atoms with Crippen LogP contribution in [0.2, 0.25) is 0 Å². The van der Waals surface area contributed by atoms with Crippen molar-refractivity contribution in [3.05, 3.63) is 70.9 Å². The Morgan fingerprint density at radius 2 is 1.69 bits per heavy atom. The molecule has 29 heavy (non-hydrogen) atoms. The first-order valence-electron chi connectivity index (χ1n) is 9.05. The van der Waals surface area contributed by atoms with Crippen molar-refractivity contribution in [1.29, 1.82) is 0 Å². The Morgan fingerprint density at radius 3 is 2.34 bits per heavy atom. The molecule has 0 spiro atoms.